The van der Waals surface area contributed by atoms with Crippen molar-refractivity contribution in [2.75, 3.05) is 20.8 Å². The first-order chi connectivity index (χ1) is 10.2. The molecule has 0 unspecified atom stereocenters. The highest BCUT2D eigenvalue weighted by molar-refractivity contribution is 5.80. The van der Waals surface area contributed by atoms with Crippen LogP contribution in [0.2, 0.25) is 0 Å². The molecule has 0 aromatic heterocycles. The Balaban J connectivity index is 2.28. The topological polar surface area (TPSA) is 30.5 Å². The Morgan fingerprint density at radius 2 is 1.76 bits per heavy atom. The van der Waals surface area contributed by atoms with E-state index in [1.807, 2.05) is 6.07 Å². The minimum absolute atomic E-state index is 0.894. The van der Waals surface area contributed by atoms with Gasteiger partial charge in [0.05, 0.1) is 14.2 Å². The van der Waals surface area contributed by atoms with Crippen molar-refractivity contribution >= 4 is 0 Å². The SMILES string of the molecule is COc1ccc(C)cc1-c1c(OC)ccc2c1CCNC2. The highest BCUT2D eigenvalue weighted by Crippen LogP contribution is 2.41. The lowest BCUT2D eigenvalue weighted by Gasteiger charge is -2.23. The van der Waals surface area contributed by atoms with Crippen molar-refractivity contribution in [3.05, 3.63) is 47.0 Å². The van der Waals surface area contributed by atoms with Gasteiger partial charge in [-0.1, -0.05) is 17.7 Å². The summed E-state index contributed by atoms with van der Waals surface area (Å²) >= 11 is 0. The lowest BCUT2D eigenvalue weighted by molar-refractivity contribution is 0.409. The molecule has 0 atom stereocenters. The van der Waals surface area contributed by atoms with Crippen LogP contribution in [0.1, 0.15) is 16.7 Å². The number of rotatable bonds is 3. The zero-order valence-electron chi connectivity index (χ0n) is 12.8. The van der Waals surface area contributed by atoms with Crippen molar-refractivity contribution in [1.29, 1.82) is 0 Å². The maximum Gasteiger partial charge on any atom is 0.127 e. The van der Waals surface area contributed by atoms with E-state index in [-0.39, 0.29) is 0 Å². The van der Waals surface area contributed by atoms with E-state index in [1.165, 1.54) is 22.3 Å². The summed E-state index contributed by atoms with van der Waals surface area (Å²) < 4.78 is 11.2. The van der Waals surface area contributed by atoms with E-state index in [1.54, 1.807) is 14.2 Å². The molecule has 0 saturated heterocycles. The quantitative estimate of drug-likeness (QED) is 0.937. The Kier molecular flexibility index (Phi) is 3.84. The van der Waals surface area contributed by atoms with Gasteiger partial charge in [0.2, 0.25) is 0 Å². The molecule has 2 aromatic rings. The Morgan fingerprint density at radius 1 is 1.00 bits per heavy atom. The van der Waals surface area contributed by atoms with Crippen LogP contribution in [0.25, 0.3) is 11.1 Å². The van der Waals surface area contributed by atoms with E-state index in [9.17, 15) is 0 Å². The summed E-state index contributed by atoms with van der Waals surface area (Å²) in [5.41, 5.74) is 6.24. The Labute approximate surface area is 125 Å². The summed E-state index contributed by atoms with van der Waals surface area (Å²) in [5.74, 6) is 1.81. The minimum atomic E-state index is 0.894. The highest BCUT2D eigenvalue weighted by Gasteiger charge is 2.20. The summed E-state index contributed by atoms with van der Waals surface area (Å²) in [6.07, 6.45) is 1.01. The monoisotopic (exact) mass is 283 g/mol. The highest BCUT2D eigenvalue weighted by atomic mass is 16.5. The predicted molar refractivity (Wildman–Crippen MR) is 85.1 cm³/mol. The molecule has 0 radical (unpaired) electrons. The van der Waals surface area contributed by atoms with Gasteiger partial charge in [0.1, 0.15) is 11.5 Å². The number of hydrogen-bond donors (Lipinski definition) is 1. The van der Waals surface area contributed by atoms with Gasteiger partial charge in [0.25, 0.3) is 0 Å². The maximum absolute atomic E-state index is 5.63. The van der Waals surface area contributed by atoms with Crippen LogP contribution in [-0.2, 0) is 13.0 Å². The van der Waals surface area contributed by atoms with Crippen LogP contribution in [-0.4, -0.2) is 20.8 Å². The average Bonchev–Trinajstić information content (AvgIpc) is 2.53. The molecule has 0 fully saturated rings. The molecule has 0 amide bonds. The number of ether oxygens (including phenoxy) is 2. The lowest BCUT2D eigenvalue weighted by Crippen LogP contribution is -2.24. The Morgan fingerprint density at radius 3 is 2.52 bits per heavy atom. The van der Waals surface area contributed by atoms with Crippen molar-refractivity contribution in [3.63, 3.8) is 0 Å². The van der Waals surface area contributed by atoms with Crippen molar-refractivity contribution < 1.29 is 9.47 Å². The molecular weight excluding hydrogens is 262 g/mol. The largest absolute Gasteiger partial charge is 0.496 e. The first-order valence-corrected chi connectivity index (χ1v) is 7.29. The summed E-state index contributed by atoms with van der Waals surface area (Å²) in [4.78, 5) is 0. The second-order valence-electron chi connectivity index (χ2n) is 5.41. The third-order valence-electron chi connectivity index (χ3n) is 4.08. The molecule has 1 heterocycles. The molecule has 0 spiro atoms. The molecule has 1 N–H and O–H groups in total. The fourth-order valence-electron chi connectivity index (χ4n) is 3.04. The third kappa shape index (κ3) is 2.49. The average molecular weight is 283 g/mol. The zero-order chi connectivity index (χ0) is 14.8. The van der Waals surface area contributed by atoms with Gasteiger partial charge in [-0.2, -0.15) is 0 Å². The molecular formula is C18H21NO2. The Hall–Kier alpha value is -2.00. The first kappa shape index (κ1) is 14.0. The third-order valence-corrected chi connectivity index (χ3v) is 4.08. The Bertz CT molecular complexity index is 665. The maximum atomic E-state index is 5.63. The van der Waals surface area contributed by atoms with Gasteiger partial charge >= 0.3 is 0 Å². The molecule has 0 aliphatic carbocycles. The standard InChI is InChI=1S/C18H21NO2/c1-12-4-6-16(20-2)15(10-12)18-14-8-9-19-11-13(14)5-7-17(18)21-3/h4-7,10,19H,8-9,11H2,1-3H3. The number of nitrogens with one attached hydrogen (secondary N) is 1. The van der Waals surface area contributed by atoms with E-state index < -0.39 is 0 Å². The summed E-state index contributed by atoms with van der Waals surface area (Å²) in [7, 11) is 3.45. The van der Waals surface area contributed by atoms with Gasteiger partial charge in [-0.3, -0.25) is 0 Å². The van der Waals surface area contributed by atoms with Crippen molar-refractivity contribution in [2.45, 2.75) is 19.9 Å². The molecule has 0 saturated carbocycles. The molecule has 2 aromatic carbocycles. The summed E-state index contributed by atoms with van der Waals surface area (Å²) in [6, 6.07) is 10.5. The van der Waals surface area contributed by atoms with Gasteiger partial charge in [0.15, 0.2) is 0 Å². The van der Waals surface area contributed by atoms with Crippen molar-refractivity contribution in [3.8, 4) is 22.6 Å². The second kappa shape index (κ2) is 5.78. The van der Waals surface area contributed by atoms with E-state index in [0.29, 0.717) is 0 Å². The number of fused-ring (bicyclic) bond motifs is 1. The first-order valence-electron chi connectivity index (χ1n) is 7.29. The predicted octanol–water partition coefficient (Wildman–Crippen LogP) is 3.32. The van der Waals surface area contributed by atoms with E-state index in [4.69, 9.17) is 9.47 Å². The number of benzene rings is 2. The van der Waals surface area contributed by atoms with Gasteiger partial charge in [-0.05, 0) is 49.2 Å². The van der Waals surface area contributed by atoms with Gasteiger partial charge in [-0.15, -0.1) is 0 Å². The molecule has 1 aliphatic rings. The summed E-state index contributed by atoms with van der Waals surface area (Å²) in [5, 5.41) is 3.43. The van der Waals surface area contributed by atoms with Crippen LogP contribution in [0.5, 0.6) is 11.5 Å². The minimum Gasteiger partial charge on any atom is -0.496 e. The fourth-order valence-corrected chi connectivity index (χ4v) is 3.04. The van der Waals surface area contributed by atoms with Gasteiger partial charge in [-0.25, -0.2) is 0 Å². The van der Waals surface area contributed by atoms with Crippen LogP contribution in [0.3, 0.4) is 0 Å². The normalized spacial score (nSPS) is 13.7. The van der Waals surface area contributed by atoms with E-state index in [0.717, 1.165) is 36.6 Å². The fraction of sp³-hybridized carbons (Fsp3) is 0.333. The second-order valence-corrected chi connectivity index (χ2v) is 5.41. The smallest absolute Gasteiger partial charge is 0.127 e. The number of aryl methyl sites for hydroxylation is 1. The lowest BCUT2D eigenvalue weighted by atomic mass is 9.89. The van der Waals surface area contributed by atoms with Gasteiger partial charge < -0.3 is 14.8 Å². The number of methoxy groups -OCH3 is 2. The summed E-state index contributed by atoms with van der Waals surface area (Å²) in [6.45, 7) is 4.02. The van der Waals surface area contributed by atoms with Crippen LogP contribution < -0.4 is 14.8 Å². The van der Waals surface area contributed by atoms with Crippen molar-refractivity contribution in [1.82, 2.24) is 5.32 Å². The van der Waals surface area contributed by atoms with Crippen molar-refractivity contribution in [2.24, 2.45) is 0 Å². The molecule has 0 bridgehead atoms. The van der Waals surface area contributed by atoms with Crippen LogP contribution >= 0.6 is 0 Å². The molecule has 21 heavy (non-hydrogen) atoms. The molecule has 3 nitrogen and oxygen atoms in total. The van der Waals surface area contributed by atoms with E-state index >= 15 is 0 Å². The molecule has 3 rings (SSSR count). The van der Waals surface area contributed by atoms with Crippen LogP contribution in [0.4, 0.5) is 0 Å². The zero-order valence-corrected chi connectivity index (χ0v) is 12.8. The number of hydrogen-bond acceptors (Lipinski definition) is 3. The molecule has 1 aliphatic heterocycles. The van der Waals surface area contributed by atoms with Crippen LogP contribution in [0.15, 0.2) is 30.3 Å². The molecule has 3 heteroatoms. The van der Waals surface area contributed by atoms with Crippen LogP contribution in [0, 0.1) is 6.92 Å². The van der Waals surface area contributed by atoms with E-state index in [2.05, 4.69) is 36.5 Å². The van der Waals surface area contributed by atoms with Gasteiger partial charge in [0, 0.05) is 17.7 Å². The molecule has 110 valence electrons.